The van der Waals surface area contributed by atoms with Crippen molar-refractivity contribution < 1.29 is 19.1 Å². The zero-order chi connectivity index (χ0) is 25.5. The summed E-state index contributed by atoms with van der Waals surface area (Å²) in [6.45, 7) is 0. The first-order valence-corrected chi connectivity index (χ1v) is 11.0. The predicted octanol–water partition coefficient (Wildman–Crippen LogP) is 2.39. The van der Waals surface area contributed by atoms with E-state index in [0.29, 0.717) is 5.02 Å². The summed E-state index contributed by atoms with van der Waals surface area (Å²) in [5.74, 6) is -1.57. The average Bonchev–Trinajstić information content (AvgIpc) is 3.20. The molecule has 0 radical (unpaired) electrons. The Kier molecular flexibility index (Phi) is 7.31. The van der Waals surface area contributed by atoms with E-state index in [1.807, 2.05) is 0 Å². The molecule has 2 aromatic heterocycles. The molecule has 2 N–H and O–H groups in total. The molecule has 12 heteroatoms. The van der Waals surface area contributed by atoms with Gasteiger partial charge in [0.2, 0.25) is 0 Å². The van der Waals surface area contributed by atoms with Gasteiger partial charge in [0, 0.05) is 43.1 Å². The molecule has 1 unspecified atom stereocenters. The Labute approximate surface area is 210 Å². The first-order chi connectivity index (χ1) is 17.4. The van der Waals surface area contributed by atoms with Crippen molar-refractivity contribution in [2.24, 2.45) is 5.10 Å². The van der Waals surface area contributed by atoms with Gasteiger partial charge in [-0.2, -0.15) is 5.10 Å². The second-order valence-corrected chi connectivity index (χ2v) is 7.95. The molecule has 2 amide bonds. The van der Waals surface area contributed by atoms with E-state index in [0.717, 1.165) is 0 Å². The molecule has 11 nitrogen and oxygen atoms in total. The largest absolute Gasteiger partial charge is 0.467 e. The highest BCUT2D eigenvalue weighted by Gasteiger charge is 2.46. The number of halogens is 1. The number of rotatable bonds is 6. The second kappa shape index (κ2) is 10.7. The number of hydrazone groups is 1. The van der Waals surface area contributed by atoms with Gasteiger partial charge in [0.15, 0.2) is 5.54 Å². The van der Waals surface area contributed by atoms with Gasteiger partial charge in [0.05, 0.1) is 23.9 Å². The average molecular weight is 506 g/mol. The molecule has 36 heavy (non-hydrogen) atoms. The number of carbonyl (C=O) groups excluding carboxylic acids is 3. The number of amides is 2. The molecule has 4 rings (SSSR count). The smallest absolute Gasteiger partial charge is 0.338 e. The Morgan fingerprint density at radius 1 is 1.06 bits per heavy atom. The van der Waals surface area contributed by atoms with Crippen molar-refractivity contribution in [3.63, 3.8) is 0 Å². The third kappa shape index (κ3) is 5.20. The van der Waals surface area contributed by atoms with E-state index in [-0.39, 0.29) is 29.2 Å². The van der Waals surface area contributed by atoms with Crippen molar-refractivity contribution >= 4 is 41.4 Å². The fourth-order valence-corrected chi connectivity index (χ4v) is 3.63. The molecular formula is C24H20ClN7O4. The quantitative estimate of drug-likeness (QED) is 0.570. The summed E-state index contributed by atoms with van der Waals surface area (Å²) < 4.78 is 5.09. The molecule has 2 aromatic rings. The maximum absolute atomic E-state index is 13.2. The maximum atomic E-state index is 13.2. The lowest BCUT2D eigenvalue weighted by Crippen LogP contribution is -2.52. The summed E-state index contributed by atoms with van der Waals surface area (Å²) >= 11 is 5.87. The molecular weight excluding hydrogens is 486 g/mol. The monoisotopic (exact) mass is 505 g/mol. The fraction of sp³-hybridized carbons (Fsp3) is 0.125. The topological polar surface area (TPSA) is 139 Å². The number of carbonyl (C=O) groups is 3. The van der Waals surface area contributed by atoms with Crippen molar-refractivity contribution in [3.8, 4) is 0 Å². The summed E-state index contributed by atoms with van der Waals surface area (Å²) in [6, 6.07) is 3.11. The number of hydrogen-bond acceptors (Lipinski definition) is 9. The van der Waals surface area contributed by atoms with Crippen molar-refractivity contribution in [1.29, 1.82) is 0 Å². The van der Waals surface area contributed by atoms with Crippen LogP contribution in [-0.4, -0.2) is 56.6 Å². The van der Waals surface area contributed by atoms with E-state index in [1.165, 1.54) is 61.3 Å². The Hall–Kier alpha value is -4.64. The predicted molar refractivity (Wildman–Crippen MR) is 132 cm³/mol. The lowest BCUT2D eigenvalue weighted by Gasteiger charge is -2.38. The number of nitrogens with zero attached hydrogens (tertiary/aromatic N) is 5. The van der Waals surface area contributed by atoms with Gasteiger partial charge in [-0.3, -0.25) is 19.6 Å². The first-order valence-electron chi connectivity index (χ1n) is 10.6. The molecule has 0 fully saturated rings. The molecule has 1 aliphatic carbocycles. The molecule has 2 aliphatic rings. The highest BCUT2D eigenvalue weighted by Crippen LogP contribution is 2.34. The Bertz CT molecular complexity index is 1300. The van der Waals surface area contributed by atoms with Crippen LogP contribution < -0.4 is 10.6 Å². The van der Waals surface area contributed by atoms with Crippen LogP contribution in [0.25, 0.3) is 0 Å². The summed E-state index contributed by atoms with van der Waals surface area (Å²) in [5.41, 5.74) is -1.21. The minimum atomic E-state index is -1.49. The zero-order valence-corrected chi connectivity index (χ0v) is 19.7. The van der Waals surface area contributed by atoms with Crippen LogP contribution in [0.3, 0.4) is 0 Å². The number of methoxy groups -OCH3 is 1. The number of aromatic nitrogens is 3. The van der Waals surface area contributed by atoms with Gasteiger partial charge in [-0.05, 0) is 36.4 Å². The van der Waals surface area contributed by atoms with Crippen LogP contribution in [0.5, 0.6) is 0 Å². The van der Waals surface area contributed by atoms with Crippen molar-refractivity contribution in [3.05, 3.63) is 95.5 Å². The molecule has 0 bridgehead atoms. The number of pyridine rings is 1. The summed E-state index contributed by atoms with van der Waals surface area (Å²) in [4.78, 5) is 51.2. The van der Waals surface area contributed by atoms with Crippen molar-refractivity contribution in [2.75, 3.05) is 12.4 Å². The van der Waals surface area contributed by atoms with E-state index in [2.05, 4.69) is 30.7 Å². The number of hydrogen-bond donors (Lipinski definition) is 2. The van der Waals surface area contributed by atoms with Crippen LogP contribution >= 0.6 is 11.6 Å². The van der Waals surface area contributed by atoms with Crippen LogP contribution in [0.15, 0.2) is 89.9 Å². The SMILES string of the molecule is COC(=O)C1(N2C=CC=CC=N2)C=CC(C(=O)Nc2ccc(Cl)cn2)=C(NC(=O)c2cnccn2)C1. The number of anilines is 1. The van der Waals surface area contributed by atoms with E-state index >= 15 is 0 Å². The zero-order valence-electron chi connectivity index (χ0n) is 19.0. The van der Waals surface area contributed by atoms with Gasteiger partial charge in [0.1, 0.15) is 11.5 Å². The standard InChI is InChI=1S/C24H20ClN7O4/c1-36-23(35)24(32-12-4-2-3-9-29-32)8-7-17(21(33)31-20-6-5-16(25)14-28-20)18(13-24)30-22(34)19-15-26-10-11-27-19/h2-12,14-15H,13H2,1H3,(H,30,34)(H,28,31,33). The molecule has 1 atom stereocenters. The van der Waals surface area contributed by atoms with Gasteiger partial charge >= 0.3 is 5.97 Å². The van der Waals surface area contributed by atoms with Crippen LogP contribution in [0.4, 0.5) is 5.82 Å². The third-order valence-corrected chi connectivity index (χ3v) is 5.47. The van der Waals surface area contributed by atoms with Gasteiger partial charge in [-0.15, -0.1) is 0 Å². The van der Waals surface area contributed by atoms with Crippen molar-refractivity contribution in [1.82, 2.24) is 25.3 Å². The molecule has 1 aliphatic heterocycles. The van der Waals surface area contributed by atoms with E-state index in [9.17, 15) is 14.4 Å². The molecule has 182 valence electrons. The van der Waals surface area contributed by atoms with Gasteiger partial charge in [0.25, 0.3) is 11.8 Å². The van der Waals surface area contributed by atoms with Crippen LogP contribution in [0.2, 0.25) is 5.02 Å². The minimum Gasteiger partial charge on any atom is -0.467 e. The van der Waals surface area contributed by atoms with Gasteiger partial charge < -0.3 is 15.4 Å². The molecule has 0 spiro atoms. The molecule has 3 heterocycles. The van der Waals surface area contributed by atoms with Crippen molar-refractivity contribution in [2.45, 2.75) is 12.0 Å². The number of allylic oxidation sites excluding steroid dienone is 3. The highest BCUT2D eigenvalue weighted by atomic mass is 35.5. The Morgan fingerprint density at radius 2 is 1.92 bits per heavy atom. The van der Waals surface area contributed by atoms with E-state index in [4.69, 9.17) is 16.3 Å². The van der Waals surface area contributed by atoms with Gasteiger partial charge in [-0.1, -0.05) is 17.7 Å². The van der Waals surface area contributed by atoms with Gasteiger partial charge in [-0.25, -0.2) is 14.8 Å². The number of esters is 1. The summed E-state index contributed by atoms with van der Waals surface area (Å²) in [5, 5.41) is 11.5. The maximum Gasteiger partial charge on any atom is 0.338 e. The van der Waals surface area contributed by atoms with Crippen LogP contribution in [-0.2, 0) is 14.3 Å². The Morgan fingerprint density at radius 3 is 2.64 bits per heavy atom. The molecule has 0 saturated heterocycles. The minimum absolute atomic E-state index is 0.0271. The van der Waals surface area contributed by atoms with E-state index < -0.39 is 23.3 Å². The fourth-order valence-electron chi connectivity index (χ4n) is 3.52. The second-order valence-electron chi connectivity index (χ2n) is 7.51. The number of ether oxygens (including phenoxy) is 1. The molecule has 0 saturated carbocycles. The van der Waals surface area contributed by atoms with Crippen LogP contribution in [0.1, 0.15) is 16.9 Å². The highest BCUT2D eigenvalue weighted by molar-refractivity contribution is 6.30. The lowest BCUT2D eigenvalue weighted by atomic mass is 9.85. The number of nitrogens with one attached hydrogen (secondary N) is 2. The molecule has 0 aromatic carbocycles. The van der Waals surface area contributed by atoms with Crippen LogP contribution in [0, 0.1) is 0 Å². The Balaban J connectivity index is 1.73. The normalized spacial score (nSPS) is 18.6. The summed E-state index contributed by atoms with van der Waals surface area (Å²) in [7, 11) is 1.25. The van der Waals surface area contributed by atoms with E-state index in [1.54, 1.807) is 30.5 Å². The third-order valence-electron chi connectivity index (χ3n) is 5.25. The lowest BCUT2D eigenvalue weighted by molar-refractivity contribution is -0.150. The summed E-state index contributed by atoms with van der Waals surface area (Å²) in [6.07, 6.45) is 16.5. The first kappa shape index (κ1) is 24.5.